The largest absolute Gasteiger partial charge is 0.321 e. The molecule has 0 bridgehead atoms. The van der Waals surface area contributed by atoms with Crippen molar-refractivity contribution in [2.45, 2.75) is 13.0 Å². The van der Waals surface area contributed by atoms with E-state index >= 15 is 0 Å². The van der Waals surface area contributed by atoms with Crippen LogP contribution in [0.2, 0.25) is 10.0 Å². The van der Waals surface area contributed by atoms with Crippen LogP contribution in [0.25, 0.3) is 0 Å². The number of nitrogens with one attached hydrogen (secondary N) is 3. The molecular weight excluding hydrogens is 387 g/mol. The van der Waals surface area contributed by atoms with Crippen LogP contribution in [0.5, 0.6) is 0 Å². The molecule has 0 spiro atoms. The van der Waals surface area contributed by atoms with Gasteiger partial charge in [-0.25, -0.2) is 0 Å². The average molecular weight is 406 g/mol. The van der Waals surface area contributed by atoms with E-state index in [4.69, 9.17) is 28.5 Å². The van der Waals surface area contributed by atoms with E-state index < -0.39 is 6.04 Å². The van der Waals surface area contributed by atoms with Crippen molar-refractivity contribution in [3.05, 3.63) is 58.1 Å². The molecule has 6 nitrogen and oxygen atoms in total. The van der Waals surface area contributed by atoms with Gasteiger partial charge in [0.25, 0.3) is 11.8 Å². The minimum atomic E-state index is -0.503. The number of nitriles is 1. The summed E-state index contributed by atoms with van der Waals surface area (Å²) in [5.74, 6) is -0.541. The zero-order valence-electron chi connectivity index (χ0n) is 14.8. The minimum absolute atomic E-state index is 0.0781. The summed E-state index contributed by atoms with van der Waals surface area (Å²) >= 11 is 11.8. The van der Waals surface area contributed by atoms with Gasteiger partial charge in [-0.1, -0.05) is 35.3 Å². The summed E-state index contributed by atoms with van der Waals surface area (Å²) in [6.45, 7) is 1.79. The van der Waals surface area contributed by atoms with Gasteiger partial charge in [0.2, 0.25) is 0 Å². The Labute approximate surface area is 167 Å². The molecule has 8 heteroatoms. The predicted octanol–water partition coefficient (Wildman–Crippen LogP) is 2.35. The summed E-state index contributed by atoms with van der Waals surface area (Å²) in [6, 6.07) is 13.1. The van der Waals surface area contributed by atoms with E-state index in [1.165, 1.54) is 0 Å². The molecule has 1 unspecified atom stereocenters. The number of anilines is 2. The number of amides is 2. The Morgan fingerprint density at radius 3 is 2.52 bits per heavy atom. The number of nitrogens with zero attached hydrogens (tertiary/aromatic N) is 1. The van der Waals surface area contributed by atoms with Gasteiger partial charge in [-0.2, -0.15) is 5.26 Å². The lowest BCUT2D eigenvalue weighted by molar-refractivity contribution is -0.885. The number of carbonyl (C=O) groups is 2. The van der Waals surface area contributed by atoms with E-state index in [1.54, 1.807) is 56.4 Å². The molecule has 0 heterocycles. The fourth-order valence-corrected chi connectivity index (χ4v) is 2.64. The van der Waals surface area contributed by atoms with Crippen LogP contribution in [0.4, 0.5) is 11.4 Å². The van der Waals surface area contributed by atoms with Gasteiger partial charge in [-0.05, 0) is 37.3 Å². The third-order valence-electron chi connectivity index (χ3n) is 4.08. The summed E-state index contributed by atoms with van der Waals surface area (Å²) in [7, 11) is 1.74. The van der Waals surface area contributed by atoms with Gasteiger partial charge in [0.1, 0.15) is 6.07 Å². The molecule has 0 aliphatic rings. The van der Waals surface area contributed by atoms with Crippen LogP contribution in [0.1, 0.15) is 12.5 Å². The Balaban J connectivity index is 1.94. The maximum absolute atomic E-state index is 12.4. The lowest BCUT2D eigenvalue weighted by Crippen LogP contribution is -3.14. The van der Waals surface area contributed by atoms with Crippen molar-refractivity contribution in [2.24, 2.45) is 0 Å². The molecule has 2 rings (SSSR count). The summed E-state index contributed by atoms with van der Waals surface area (Å²) < 4.78 is 0. The molecule has 2 aromatic carbocycles. The second kappa shape index (κ2) is 9.38. The summed E-state index contributed by atoms with van der Waals surface area (Å²) in [6.07, 6.45) is 0. The molecule has 2 aromatic rings. The molecule has 3 N–H and O–H groups in total. The van der Waals surface area contributed by atoms with Crippen molar-refractivity contribution < 1.29 is 14.5 Å². The summed E-state index contributed by atoms with van der Waals surface area (Å²) in [5, 5.41) is 15.3. The van der Waals surface area contributed by atoms with E-state index in [9.17, 15) is 9.59 Å². The third-order valence-corrected chi connectivity index (χ3v) is 4.82. The van der Waals surface area contributed by atoms with Crippen LogP contribution >= 0.6 is 23.2 Å². The van der Waals surface area contributed by atoms with Crippen LogP contribution in [0.3, 0.4) is 0 Å². The van der Waals surface area contributed by atoms with Crippen molar-refractivity contribution in [3.63, 3.8) is 0 Å². The van der Waals surface area contributed by atoms with Gasteiger partial charge in [-0.3, -0.25) is 9.59 Å². The predicted molar refractivity (Wildman–Crippen MR) is 106 cm³/mol. The molecule has 2 amide bonds. The number of carbonyl (C=O) groups excluding carboxylic acids is 2. The van der Waals surface area contributed by atoms with Crippen molar-refractivity contribution in [1.82, 2.24) is 0 Å². The highest BCUT2D eigenvalue weighted by Gasteiger charge is 2.24. The van der Waals surface area contributed by atoms with Crippen molar-refractivity contribution in [1.29, 1.82) is 5.26 Å². The van der Waals surface area contributed by atoms with Crippen LogP contribution < -0.4 is 15.5 Å². The van der Waals surface area contributed by atoms with Crippen molar-refractivity contribution in [2.75, 3.05) is 24.2 Å². The monoisotopic (exact) mass is 405 g/mol. The Morgan fingerprint density at radius 2 is 1.85 bits per heavy atom. The number of halogens is 2. The van der Waals surface area contributed by atoms with Crippen molar-refractivity contribution in [3.8, 4) is 6.07 Å². The first-order valence-electron chi connectivity index (χ1n) is 8.19. The Hall–Kier alpha value is -2.59. The first-order chi connectivity index (χ1) is 12.8. The number of hydrogen-bond donors (Lipinski definition) is 3. The first kappa shape index (κ1) is 20.7. The van der Waals surface area contributed by atoms with Crippen LogP contribution in [0.15, 0.2) is 42.5 Å². The number of likely N-dealkylation sites (N-methyl/N-ethyl adjacent to an activating group) is 1. The van der Waals surface area contributed by atoms with E-state index in [0.29, 0.717) is 31.9 Å². The molecule has 0 aliphatic heterocycles. The second-order valence-corrected chi connectivity index (χ2v) is 6.88. The maximum atomic E-state index is 12.4. The fourth-order valence-electron chi connectivity index (χ4n) is 2.34. The SMILES string of the molecule is C[C@@H](C(=O)Nc1ccccc1C#N)[NH+](C)CC(=O)Nc1ccc(Cl)c(Cl)c1. The minimum Gasteiger partial charge on any atom is -0.321 e. The Kier molecular flexibility index (Phi) is 7.19. The quantitative estimate of drug-likeness (QED) is 0.689. The molecule has 27 heavy (non-hydrogen) atoms. The number of rotatable bonds is 6. The van der Waals surface area contributed by atoms with Crippen molar-refractivity contribution >= 4 is 46.4 Å². The molecule has 0 saturated heterocycles. The molecular formula is C19H19Cl2N4O2+. The van der Waals surface area contributed by atoms with E-state index in [-0.39, 0.29) is 18.4 Å². The van der Waals surface area contributed by atoms with Gasteiger partial charge in [0.05, 0.1) is 28.3 Å². The molecule has 0 fully saturated rings. The van der Waals surface area contributed by atoms with Gasteiger partial charge < -0.3 is 15.5 Å². The summed E-state index contributed by atoms with van der Waals surface area (Å²) in [4.78, 5) is 25.4. The van der Waals surface area contributed by atoms with E-state index in [1.807, 2.05) is 6.07 Å². The highest BCUT2D eigenvalue weighted by atomic mass is 35.5. The fraction of sp³-hybridized carbons (Fsp3) is 0.211. The first-order valence-corrected chi connectivity index (χ1v) is 8.94. The molecule has 140 valence electrons. The highest BCUT2D eigenvalue weighted by Crippen LogP contribution is 2.24. The van der Waals surface area contributed by atoms with E-state index in [0.717, 1.165) is 0 Å². The average Bonchev–Trinajstić information content (AvgIpc) is 2.64. The lowest BCUT2D eigenvalue weighted by Gasteiger charge is -2.21. The normalized spacial score (nSPS) is 12.6. The smallest absolute Gasteiger partial charge is 0.282 e. The molecule has 0 radical (unpaired) electrons. The van der Waals surface area contributed by atoms with Crippen LogP contribution in [-0.2, 0) is 9.59 Å². The van der Waals surface area contributed by atoms with E-state index in [2.05, 4.69) is 10.6 Å². The van der Waals surface area contributed by atoms with Gasteiger partial charge in [0.15, 0.2) is 12.6 Å². The number of benzene rings is 2. The standard InChI is InChI=1S/C19H18Cl2N4O2/c1-12(19(27)24-17-6-4-3-5-13(17)10-22)25(2)11-18(26)23-14-7-8-15(20)16(21)9-14/h3-9,12H,11H2,1-2H3,(H,23,26)(H,24,27)/p+1/t12-/m0/s1. The number of hydrogen-bond acceptors (Lipinski definition) is 3. The van der Waals surface area contributed by atoms with Crippen LogP contribution in [0, 0.1) is 11.3 Å². The number of quaternary nitrogens is 1. The summed E-state index contributed by atoms with van der Waals surface area (Å²) in [5.41, 5.74) is 1.36. The second-order valence-electron chi connectivity index (χ2n) is 6.07. The highest BCUT2D eigenvalue weighted by molar-refractivity contribution is 6.42. The lowest BCUT2D eigenvalue weighted by atomic mass is 10.2. The van der Waals surface area contributed by atoms with Crippen LogP contribution in [-0.4, -0.2) is 31.4 Å². The Morgan fingerprint density at radius 1 is 1.15 bits per heavy atom. The van der Waals surface area contributed by atoms with Gasteiger partial charge in [-0.15, -0.1) is 0 Å². The Bertz CT molecular complexity index is 896. The maximum Gasteiger partial charge on any atom is 0.282 e. The zero-order valence-corrected chi connectivity index (χ0v) is 16.4. The number of para-hydroxylation sites is 1. The third kappa shape index (κ3) is 5.69. The van der Waals surface area contributed by atoms with Gasteiger partial charge in [0, 0.05) is 5.69 Å². The molecule has 0 aromatic heterocycles. The zero-order chi connectivity index (χ0) is 20.0. The molecule has 0 saturated carbocycles. The topological polar surface area (TPSA) is 86.4 Å². The van der Waals surface area contributed by atoms with Gasteiger partial charge >= 0.3 is 0 Å². The molecule has 2 atom stereocenters. The molecule has 0 aliphatic carbocycles.